The number of ether oxygens (including phenoxy) is 1. The third-order valence-corrected chi connectivity index (χ3v) is 3.07. The molecule has 0 fully saturated rings. The zero-order valence-electron chi connectivity index (χ0n) is 11.8. The Hall–Kier alpha value is -1.80. The molecule has 0 unspecified atom stereocenters. The minimum Gasteiger partial charge on any atom is -0.457 e. The van der Waals surface area contributed by atoms with Gasteiger partial charge in [-0.15, -0.1) is 0 Å². The Balaban J connectivity index is 2.17. The van der Waals surface area contributed by atoms with E-state index in [0.717, 1.165) is 18.0 Å². The van der Waals surface area contributed by atoms with Crippen molar-refractivity contribution in [2.45, 2.75) is 26.3 Å². The summed E-state index contributed by atoms with van der Waals surface area (Å²) in [6.45, 7) is 5.24. The Bertz CT molecular complexity index is 517. The van der Waals surface area contributed by atoms with Gasteiger partial charge in [-0.2, -0.15) is 0 Å². The molecule has 0 radical (unpaired) electrons. The molecule has 2 rings (SSSR count). The summed E-state index contributed by atoms with van der Waals surface area (Å²) in [4.78, 5) is 0. The topological polar surface area (TPSA) is 21.3 Å². The van der Waals surface area contributed by atoms with E-state index in [0.29, 0.717) is 5.92 Å². The van der Waals surface area contributed by atoms with E-state index in [9.17, 15) is 0 Å². The summed E-state index contributed by atoms with van der Waals surface area (Å²) in [5.41, 5.74) is 2.49. The number of rotatable bonds is 5. The van der Waals surface area contributed by atoms with Crippen LogP contribution in [-0.4, -0.2) is 7.05 Å². The molecule has 100 valence electrons. The summed E-state index contributed by atoms with van der Waals surface area (Å²) in [5.74, 6) is 2.28. The Morgan fingerprint density at radius 1 is 1.00 bits per heavy atom. The molecule has 0 amide bonds. The highest BCUT2D eigenvalue weighted by molar-refractivity contribution is 5.40. The van der Waals surface area contributed by atoms with E-state index < -0.39 is 0 Å². The summed E-state index contributed by atoms with van der Waals surface area (Å²) in [6.07, 6.45) is 0. The zero-order valence-corrected chi connectivity index (χ0v) is 11.8. The molecule has 2 aromatic carbocycles. The highest BCUT2D eigenvalue weighted by Gasteiger charge is 2.07. The summed E-state index contributed by atoms with van der Waals surface area (Å²) >= 11 is 0. The maximum Gasteiger partial charge on any atom is 0.130 e. The Labute approximate surface area is 115 Å². The second kappa shape index (κ2) is 6.39. The normalized spacial score (nSPS) is 10.7. The van der Waals surface area contributed by atoms with Gasteiger partial charge in [-0.25, -0.2) is 0 Å². The molecule has 2 aromatic rings. The number of para-hydroxylation sites is 1. The van der Waals surface area contributed by atoms with E-state index in [4.69, 9.17) is 4.74 Å². The zero-order chi connectivity index (χ0) is 13.7. The first-order chi connectivity index (χ1) is 9.20. The van der Waals surface area contributed by atoms with Crippen molar-refractivity contribution in [1.82, 2.24) is 5.32 Å². The summed E-state index contributed by atoms with van der Waals surface area (Å²) in [5, 5.41) is 3.14. The van der Waals surface area contributed by atoms with Gasteiger partial charge < -0.3 is 10.1 Å². The van der Waals surface area contributed by atoms with E-state index in [1.807, 2.05) is 31.3 Å². The van der Waals surface area contributed by atoms with Gasteiger partial charge in [0.1, 0.15) is 11.5 Å². The molecule has 0 atom stereocenters. The molecule has 0 heterocycles. The van der Waals surface area contributed by atoms with Gasteiger partial charge in [0, 0.05) is 6.54 Å². The van der Waals surface area contributed by atoms with Crippen molar-refractivity contribution in [1.29, 1.82) is 0 Å². The number of nitrogens with one attached hydrogen (secondary N) is 1. The quantitative estimate of drug-likeness (QED) is 0.859. The fourth-order valence-corrected chi connectivity index (χ4v) is 2.06. The van der Waals surface area contributed by atoms with Gasteiger partial charge in [0.2, 0.25) is 0 Å². The molecule has 19 heavy (non-hydrogen) atoms. The van der Waals surface area contributed by atoms with Gasteiger partial charge >= 0.3 is 0 Å². The molecule has 0 aliphatic heterocycles. The van der Waals surface area contributed by atoms with E-state index in [2.05, 4.69) is 43.4 Å². The van der Waals surface area contributed by atoms with E-state index in [1.54, 1.807) is 0 Å². The molecule has 2 heteroatoms. The highest BCUT2D eigenvalue weighted by Crippen LogP contribution is 2.30. The first-order valence-electron chi connectivity index (χ1n) is 6.71. The Morgan fingerprint density at radius 3 is 2.32 bits per heavy atom. The molecule has 0 aliphatic rings. The van der Waals surface area contributed by atoms with E-state index in [-0.39, 0.29) is 0 Å². The molecule has 2 nitrogen and oxygen atoms in total. The van der Waals surface area contributed by atoms with Crippen molar-refractivity contribution >= 4 is 0 Å². The van der Waals surface area contributed by atoms with Crippen LogP contribution in [0, 0.1) is 0 Å². The lowest BCUT2D eigenvalue weighted by molar-refractivity contribution is 0.473. The third-order valence-electron chi connectivity index (χ3n) is 3.07. The smallest absolute Gasteiger partial charge is 0.130 e. The van der Waals surface area contributed by atoms with Crippen molar-refractivity contribution in [2.24, 2.45) is 0 Å². The minimum atomic E-state index is 0.458. The van der Waals surface area contributed by atoms with E-state index in [1.165, 1.54) is 11.1 Å². The molecule has 1 N–H and O–H groups in total. The van der Waals surface area contributed by atoms with Crippen molar-refractivity contribution in [3.63, 3.8) is 0 Å². The van der Waals surface area contributed by atoms with E-state index >= 15 is 0 Å². The van der Waals surface area contributed by atoms with Gasteiger partial charge in [-0.1, -0.05) is 44.2 Å². The fourth-order valence-electron chi connectivity index (χ4n) is 2.06. The fraction of sp³-hybridized carbons (Fsp3) is 0.294. The van der Waals surface area contributed by atoms with Crippen LogP contribution < -0.4 is 10.1 Å². The van der Waals surface area contributed by atoms with Gasteiger partial charge in [0.25, 0.3) is 0 Å². The van der Waals surface area contributed by atoms with Gasteiger partial charge in [0.05, 0.1) is 0 Å². The number of benzene rings is 2. The maximum atomic E-state index is 5.98. The van der Waals surface area contributed by atoms with Crippen LogP contribution in [0.25, 0.3) is 0 Å². The lowest BCUT2D eigenvalue weighted by atomic mass is 10.0. The highest BCUT2D eigenvalue weighted by atomic mass is 16.5. The van der Waals surface area contributed by atoms with Crippen LogP contribution in [-0.2, 0) is 6.54 Å². The van der Waals surface area contributed by atoms with Crippen LogP contribution in [0.4, 0.5) is 0 Å². The van der Waals surface area contributed by atoms with Crippen LogP contribution in [0.15, 0.2) is 48.5 Å². The molecule has 0 saturated heterocycles. The largest absolute Gasteiger partial charge is 0.457 e. The number of hydrogen-bond donors (Lipinski definition) is 1. The summed E-state index contributed by atoms with van der Waals surface area (Å²) in [6, 6.07) is 16.4. The van der Waals surface area contributed by atoms with Gasteiger partial charge in [-0.05, 0) is 42.3 Å². The molecule has 0 spiro atoms. The summed E-state index contributed by atoms with van der Waals surface area (Å²) in [7, 11) is 1.95. The summed E-state index contributed by atoms with van der Waals surface area (Å²) < 4.78 is 5.98. The van der Waals surface area contributed by atoms with Gasteiger partial charge in [-0.3, -0.25) is 0 Å². The monoisotopic (exact) mass is 255 g/mol. The Kier molecular flexibility index (Phi) is 4.58. The van der Waals surface area contributed by atoms with Crippen molar-refractivity contribution in [2.75, 3.05) is 7.05 Å². The molecule has 0 bridgehead atoms. The number of hydrogen-bond acceptors (Lipinski definition) is 2. The predicted molar refractivity (Wildman–Crippen MR) is 79.8 cm³/mol. The van der Waals surface area contributed by atoms with Crippen LogP contribution in [0.3, 0.4) is 0 Å². The SMILES string of the molecule is CNCc1ccc(Oc2ccccc2C(C)C)cc1. The lowest BCUT2D eigenvalue weighted by Crippen LogP contribution is -2.04. The lowest BCUT2D eigenvalue weighted by Gasteiger charge is -2.13. The van der Waals surface area contributed by atoms with Crippen LogP contribution >= 0.6 is 0 Å². The molecular formula is C17H21NO. The average molecular weight is 255 g/mol. The molecule has 0 aromatic heterocycles. The molecule has 0 aliphatic carbocycles. The minimum absolute atomic E-state index is 0.458. The first kappa shape index (κ1) is 13.6. The average Bonchev–Trinajstić information content (AvgIpc) is 2.42. The van der Waals surface area contributed by atoms with Crippen LogP contribution in [0.1, 0.15) is 30.9 Å². The maximum absolute atomic E-state index is 5.98. The van der Waals surface area contributed by atoms with Crippen molar-refractivity contribution in [3.05, 3.63) is 59.7 Å². The van der Waals surface area contributed by atoms with Crippen molar-refractivity contribution in [3.8, 4) is 11.5 Å². The first-order valence-corrected chi connectivity index (χ1v) is 6.71. The van der Waals surface area contributed by atoms with Gasteiger partial charge in [0.15, 0.2) is 0 Å². The Morgan fingerprint density at radius 2 is 1.68 bits per heavy atom. The van der Waals surface area contributed by atoms with Crippen molar-refractivity contribution < 1.29 is 4.74 Å². The molecule has 0 saturated carbocycles. The van der Waals surface area contributed by atoms with Crippen LogP contribution in [0.2, 0.25) is 0 Å². The second-order valence-electron chi connectivity index (χ2n) is 4.97. The molecular weight excluding hydrogens is 234 g/mol. The third kappa shape index (κ3) is 3.58. The standard InChI is InChI=1S/C17H21NO/c1-13(2)16-6-4-5-7-17(16)19-15-10-8-14(9-11-15)12-18-3/h4-11,13,18H,12H2,1-3H3. The second-order valence-corrected chi connectivity index (χ2v) is 4.97. The van der Waals surface area contributed by atoms with Crippen LogP contribution in [0.5, 0.6) is 11.5 Å². The predicted octanol–water partition coefficient (Wildman–Crippen LogP) is 4.32.